The number of rotatable bonds is 9. The first-order valence-corrected chi connectivity index (χ1v) is 11.8. The normalized spacial score (nSPS) is 24.7. The van der Waals surface area contributed by atoms with Gasteiger partial charge in [-0.05, 0) is 64.0 Å². The molecule has 0 radical (unpaired) electrons. The van der Waals surface area contributed by atoms with E-state index in [-0.39, 0.29) is 11.8 Å². The zero-order valence-corrected chi connectivity index (χ0v) is 18.2. The standard InChI is InChI=1S/C22H40N4O3/c1-2-24-12-5-6-20(24)18-23-21(27)8-7-19-9-14-25(15-10-19)22(28)11-16-26-13-3-4-17-29-26/h19-20H,2-18H2,1H3,(H,23,27). The molecule has 1 atom stereocenters. The maximum Gasteiger partial charge on any atom is 0.223 e. The van der Waals surface area contributed by atoms with E-state index in [0.29, 0.717) is 31.3 Å². The van der Waals surface area contributed by atoms with E-state index in [0.717, 1.165) is 71.4 Å². The van der Waals surface area contributed by atoms with Gasteiger partial charge in [0.05, 0.1) is 6.61 Å². The Kier molecular flexibility index (Phi) is 9.21. The average Bonchev–Trinajstić information content (AvgIpc) is 3.23. The van der Waals surface area contributed by atoms with E-state index in [1.54, 1.807) is 0 Å². The van der Waals surface area contributed by atoms with Gasteiger partial charge in [0, 0.05) is 51.6 Å². The summed E-state index contributed by atoms with van der Waals surface area (Å²) in [6.45, 7) is 9.31. The number of amides is 2. The summed E-state index contributed by atoms with van der Waals surface area (Å²) in [6.07, 6.45) is 8.86. The molecular formula is C22H40N4O3. The highest BCUT2D eigenvalue weighted by Crippen LogP contribution is 2.22. The second kappa shape index (κ2) is 11.9. The lowest BCUT2D eigenvalue weighted by Crippen LogP contribution is -2.41. The van der Waals surface area contributed by atoms with Crippen LogP contribution in [0.2, 0.25) is 0 Å². The van der Waals surface area contributed by atoms with Crippen molar-refractivity contribution >= 4 is 11.8 Å². The van der Waals surface area contributed by atoms with Crippen molar-refractivity contribution in [1.82, 2.24) is 20.2 Å². The zero-order chi connectivity index (χ0) is 20.5. The lowest BCUT2D eigenvalue weighted by Gasteiger charge is -2.33. The first-order chi connectivity index (χ1) is 14.2. The van der Waals surface area contributed by atoms with Crippen molar-refractivity contribution < 1.29 is 14.4 Å². The van der Waals surface area contributed by atoms with Crippen LogP contribution in [0.4, 0.5) is 0 Å². The molecule has 3 saturated heterocycles. The SMILES string of the molecule is CCN1CCCC1CNC(=O)CCC1CCN(C(=O)CCN2CCCCO2)CC1. The van der Waals surface area contributed by atoms with Crippen LogP contribution in [0, 0.1) is 5.92 Å². The smallest absolute Gasteiger partial charge is 0.223 e. The number of piperidine rings is 1. The molecule has 166 valence electrons. The highest BCUT2D eigenvalue weighted by atomic mass is 16.7. The van der Waals surface area contributed by atoms with Gasteiger partial charge in [0.15, 0.2) is 0 Å². The summed E-state index contributed by atoms with van der Waals surface area (Å²) in [5, 5.41) is 5.08. The predicted octanol–water partition coefficient (Wildman–Crippen LogP) is 2.02. The zero-order valence-electron chi connectivity index (χ0n) is 18.2. The first kappa shape index (κ1) is 22.5. The lowest BCUT2D eigenvalue weighted by molar-refractivity contribution is -0.182. The summed E-state index contributed by atoms with van der Waals surface area (Å²) in [7, 11) is 0. The van der Waals surface area contributed by atoms with Crippen molar-refractivity contribution in [3.63, 3.8) is 0 Å². The molecule has 1 N–H and O–H groups in total. The first-order valence-electron chi connectivity index (χ1n) is 11.8. The van der Waals surface area contributed by atoms with Crippen LogP contribution < -0.4 is 5.32 Å². The van der Waals surface area contributed by atoms with Crippen LogP contribution in [0.5, 0.6) is 0 Å². The molecule has 0 spiro atoms. The van der Waals surface area contributed by atoms with Crippen LogP contribution in [0.3, 0.4) is 0 Å². The van der Waals surface area contributed by atoms with Crippen LogP contribution >= 0.6 is 0 Å². The fourth-order valence-corrected chi connectivity index (χ4v) is 4.87. The number of carbonyl (C=O) groups excluding carboxylic acids is 2. The largest absolute Gasteiger partial charge is 0.355 e. The van der Waals surface area contributed by atoms with Gasteiger partial charge in [0.2, 0.25) is 11.8 Å². The number of likely N-dealkylation sites (N-methyl/N-ethyl adjacent to an activating group) is 1. The van der Waals surface area contributed by atoms with E-state index in [4.69, 9.17) is 4.84 Å². The molecule has 0 aliphatic carbocycles. The van der Waals surface area contributed by atoms with Crippen LogP contribution in [-0.2, 0) is 14.4 Å². The third-order valence-electron chi connectivity index (χ3n) is 6.84. The molecule has 0 aromatic heterocycles. The summed E-state index contributed by atoms with van der Waals surface area (Å²) >= 11 is 0. The maximum absolute atomic E-state index is 12.5. The van der Waals surface area contributed by atoms with Crippen molar-refractivity contribution in [2.45, 2.75) is 70.8 Å². The number of hydroxylamine groups is 2. The summed E-state index contributed by atoms with van der Waals surface area (Å²) < 4.78 is 0. The number of hydrogen-bond acceptors (Lipinski definition) is 5. The molecule has 0 saturated carbocycles. The van der Waals surface area contributed by atoms with Crippen LogP contribution in [0.15, 0.2) is 0 Å². The molecule has 3 fully saturated rings. The Labute approximate surface area is 176 Å². The van der Waals surface area contributed by atoms with Gasteiger partial charge < -0.3 is 10.2 Å². The van der Waals surface area contributed by atoms with E-state index in [9.17, 15) is 9.59 Å². The summed E-state index contributed by atoms with van der Waals surface area (Å²) in [6, 6.07) is 0.522. The Hall–Kier alpha value is -1.18. The molecule has 7 nitrogen and oxygen atoms in total. The van der Waals surface area contributed by atoms with Gasteiger partial charge in [0.25, 0.3) is 0 Å². The Morgan fingerprint density at radius 3 is 2.55 bits per heavy atom. The number of likely N-dealkylation sites (tertiary alicyclic amines) is 2. The van der Waals surface area contributed by atoms with E-state index in [1.165, 1.54) is 19.4 Å². The molecule has 0 aromatic carbocycles. The molecule has 3 rings (SSSR count). The Morgan fingerprint density at radius 1 is 1.00 bits per heavy atom. The highest BCUT2D eigenvalue weighted by Gasteiger charge is 2.25. The lowest BCUT2D eigenvalue weighted by atomic mass is 9.92. The predicted molar refractivity (Wildman–Crippen MR) is 113 cm³/mol. The number of nitrogens with zero attached hydrogens (tertiary/aromatic N) is 3. The molecule has 1 unspecified atom stereocenters. The van der Waals surface area contributed by atoms with Gasteiger partial charge in [-0.2, -0.15) is 5.06 Å². The van der Waals surface area contributed by atoms with Crippen molar-refractivity contribution in [2.75, 3.05) is 52.4 Å². The number of nitrogens with one attached hydrogen (secondary N) is 1. The van der Waals surface area contributed by atoms with Gasteiger partial charge in [-0.15, -0.1) is 0 Å². The minimum Gasteiger partial charge on any atom is -0.355 e. The number of hydrogen-bond donors (Lipinski definition) is 1. The second-order valence-corrected chi connectivity index (χ2v) is 8.81. The quantitative estimate of drug-likeness (QED) is 0.632. The highest BCUT2D eigenvalue weighted by molar-refractivity contribution is 5.76. The van der Waals surface area contributed by atoms with Crippen molar-refractivity contribution in [3.8, 4) is 0 Å². The molecule has 2 amide bonds. The van der Waals surface area contributed by atoms with Crippen molar-refractivity contribution in [2.24, 2.45) is 5.92 Å². The second-order valence-electron chi connectivity index (χ2n) is 8.81. The summed E-state index contributed by atoms with van der Waals surface area (Å²) in [5.41, 5.74) is 0. The van der Waals surface area contributed by atoms with Crippen LogP contribution in [-0.4, -0.2) is 85.1 Å². The minimum atomic E-state index is 0.188. The van der Waals surface area contributed by atoms with E-state index < -0.39 is 0 Å². The molecule has 0 bridgehead atoms. The fourth-order valence-electron chi connectivity index (χ4n) is 4.87. The van der Waals surface area contributed by atoms with E-state index in [2.05, 4.69) is 17.1 Å². The molecule has 3 heterocycles. The number of carbonyl (C=O) groups is 2. The van der Waals surface area contributed by atoms with Crippen LogP contribution in [0.1, 0.15) is 64.7 Å². The third kappa shape index (κ3) is 7.23. The third-order valence-corrected chi connectivity index (χ3v) is 6.84. The van der Waals surface area contributed by atoms with Crippen molar-refractivity contribution in [1.29, 1.82) is 0 Å². The average molecular weight is 409 g/mol. The van der Waals surface area contributed by atoms with E-state index >= 15 is 0 Å². The molecule has 3 aliphatic heterocycles. The Balaban J connectivity index is 1.25. The van der Waals surface area contributed by atoms with Gasteiger partial charge in [-0.1, -0.05) is 6.92 Å². The summed E-state index contributed by atoms with van der Waals surface area (Å²) in [4.78, 5) is 34.7. The molecule has 0 aromatic rings. The van der Waals surface area contributed by atoms with Gasteiger partial charge in [-0.3, -0.25) is 19.3 Å². The molecule has 3 aliphatic rings. The monoisotopic (exact) mass is 408 g/mol. The van der Waals surface area contributed by atoms with Crippen LogP contribution in [0.25, 0.3) is 0 Å². The minimum absolute atomic E-state index is 0.188. The molecular weight excluding hydrogens is 368 g/mol. The molecule has 7 heteroatoms. The topological polar surface area (TPSA) is 65.1 Å². The Bertz CT molecular complexity index is 516. The van der Waals surface area contributed by atoms with Gasteiger partial charge in [-0.25, -0.2) is 0 Å². The van der Waals surface area contributed by atoms with Crippen molar-refractivity contribution in [3.05, 3.63) is 0 Å². The van der Waals surface area contributed by atoms with E-state index in [1.807, 2.05) is 9.96 Å². The Morgan fingerprint density at radius 2 is 1.83 bits per heavy atom. The fraction of sp³-hybridized carbons (Fsp3) is 0.909. The summed E-state index contributed by atoms with van der Waals surface area (Å²) in [5.74, 6) is 0.995. The molecule has 29 heavy (non-hydrogen) atoms. The van der Waals surface area contributed by atoms with Gasteiger partial charge >= 0.3 is 0 Å². The van der Waals surface area contributed by atoms with Gasteiger partial charge in [0.1, 0.15) is 0 Å². The maximum atomic E-state index is 12.5.